The number of sulfone groups is 1. The Morgan fingerprint density at radius 1 is 1.19 bits per heavy atom. The number of hydrogen-bond acceptors (Lipinski definition) is 5. The van der Waals surface area contributed by atoms with Crippen molar-refractivity contribution in [3.8, 4) is 0 Å². The van der Waals surface area contributed by atoms with E-state index in [1.165, 1.54) is 9.36 Å². The van der Waals surface area contributed by atoms with Gasteiger partial charge in [0.15, 0.2) is 9.84 Å². The van der Waals surface area contributed by atoms with E-state index in [2.05, 4.69) is 10.4 Å². The number of tetrazole rings is 1. The Balaban J connectivity index is 1.97. The van der Waals surface area contributed by atoms with E-state index >= 15 is 0 Å². The minimum absolute atomic E-state index is 0.0548. The van der Waals surface area contributed by atoms with Crippen LogP contribution in [0.15, 0.2) is 4.79 Å². The molecule has 0 saturated heterocycles. The molecule has 0 aliphatic heterocycles. The average Bonchev–Trinajstić information content (AvgIpc) is 2.98. The quantitative estimate of drug-likeness (QED) is 0.813. The highest BCUT2D eigenvalue weighted by Crippen LogP contribution is 2.27. The third-order valence-corrected chi connectivity index (χ3v) is 6.74. The van der Waals surface area contributed by atoms with Crippen LogP contribution in [0.2, 0.25) is 0 Å². The molecule has 120 valence electrons. The first kappa shape index (κ1) is 16.2. The lowest BCUT2D eigenvalue weighted by Crippen LogP contribution is -2.32. The molecule has 0 amide bonds. The lowest BCUT2D eigenvalue weighted by atomic mass is 10.3. The molecular weight excluding hydrogens is 292 g/mol. The standard InChI is InChI=1S/C13H24N4O3S/c1-13(2,3)21(19,20)10-6-9-16-12(18)17(15-14-16)11-7-4-5-8-11/h11H,4-10H2,1-3H3. The molecule has 0 N–H and O–H groups in total. The van der Waals surface area contributed by atoms with E-state index in [1.54, 1.807) is 20.8 Å². The van der Waals surface area contributed by atoms with Gasteiger partial charge < -0.3 is 0 Å². The summed E-state index contributed by atoms with van der Waals surface area (Å²) in [6.45, 7) is 5.35. The molecule has 8 heteroatoms. The molecule has 1 aliphatic rings. The summed E-state index contributed by atoms with van der Waals surface area (Å²) in [7, 11) is -3.16. The number of aryl methyl sites for hydroxylation is 1. The van der Waals surface area contributed by atoms with Crippen LogP contribution in [-0.2, 0) is 16.4 Å². The van der Waals surface area contributed by atoms with Crippen LogP contribution in [0.25, 0.3) is 0 Å². The van der Waals surface area contributed by atoms with Crippen molar-refractivity contribution in [3.05, 3.63) is 10.5 Å². The second kappa shape index (κ2) is 5.90. The normalized spacial score (nSPS) is 17.5. The van der Waals surface area contributed by atoms with Gasteiger partial charge >= 0.3 is 5.69 Å². The molecule has 1 aromatic heterocycles. The van der Waals surface area contributed by atoms with Gasteiger partial charge in [-0.3, -0.25) is 0 Å². The molecule has 21 heavy (non-hydrogen) atoms. The van der Waals surface area contributed by atoms with E-state index in [4.69, 9.17) is 0 Å². The summed E-state index contributed by atoms with van der Waals surface area (Å²) in [5.74, 6) is 0.0548. The molecule has 0 aromatic carbocycles. The molecule has 0 bridgehead atoms. The van der Waals surface area contributed by atoms with Crippen molar-refractivity contribution in [1.29, 1.82) is 0 Å². The highest BCUT2D eigenvalue weighted by molar-refractivity contribution is 7.92. The molecule has 0 atom stereocenters. The van der Waals surface area contributed by atoms with E-state index in [1.807, 2.05) is 0 Å². The zero-order chi connectivity index (χ0) is 15.7. The first-order valence-corrected chi connectivity index (χ1v) is 9.12. The Morgan fingerprint density at radius 3 is 2.38 bits per heavy atom. The molecule has 2 rings (SSSR count). The molecule has 0 spiro atoms. The SMILES string of the molecule is CC(C)(C)S(=O)(=O)CCCn1nnn(C2CCCC2)c1=O. The topological polar surface area (TPSA) is 86.8 Å². The van der Waals surface area contributed by atoms with Crippen molar-refractivity contribution < 1.29 is 8.42 Å². The predicted octanol–water partition coefficient (Wildman–Crippen LogP) is 1.16. The summed E-state index contributed by atoms with van der Waals surface area (Å²) < 4.78 is 26.0. The van der Waals surface area contributed by atoms with Gasteiger partial charge in [-0.2, -0.15) is 9.36 Å². The van der Waals surface area contributed by atoms with Crippen molar-refractivity contribution in [2.45, 2.75) is 70.2 Å². The van der Waals surface area contributed by atoms with Gasteiger partial charge in [-0.15, -0.1) is 0 Å². The maximum atomic E-state index is 12.2. The van der Waals surface area contributed by atoms with Crippen molar-refractivity contribution in [2.24, 2.45) is 0 Å². The molecule has 1 heterocycles. The van der Waals surface area contributed by atoms with Crippen molar-refractivity contribution >= 4 is 9.84 Å². The Hall–Kier alpha value is -1.18. The van der Waals surface area contributed by atoms with Crippen LogP contribution in [0, 0.1) is 0 Å². The van der Waals surface area contributed by atoms with Crippen molar-refractivity contribution in [2.75, 3.05) is 5.75 Å². The largest absolute Gasteiger partial charge is 0.363 e. The summed E-state index contributed by atoms with van der Waals surface area (Å²) in [4.78, 5) is 12.2. The monoisotopic (exact) mass is 316 g/mol. The van der Waals surface area contributed by atoms with Gasteiger partial charge in [-0.1, -0.05) is 12.8 Å². The second-order valence-electron chi connectivity index (χ2n) is 6.65. The van der Waals surface area contributed by atoms with E-state index in [9.17, 15) is 13.2 Å². The zero-order valence-corrected chi connectivity index (χ0v) is 13.8. The lowest BCUT2D eigenvalue weighted by Gasteiger charge is -2.18. The Morgan fingerprint density at radius 2 is 1.81 bits per heavy atom. The van der Waals surface area contributed by atoms with Gasteiger partial charge in [-0.05, 0) is 50.5 Å². The Bertz CT molecular complexity index is 633. The first-order chi connectivity index (χ1) is 9.72. The molecule has 1 aromatic rings. The molecule has 1 saturated carbocycles. The van der Waals surface area contributed by atoms with Gasteiger partial charge in [0.2, 0.25) is 0 Å². The smallest absolute Gasteiger partial charge is 0.244 e. The maximum Gasteiger partial charge on any atom is 0.363 e. The number of aromatic nitrogens is 4. The minimum atomic E-state index is -3.16. The highest BCUT2D eigenvalue weighted by Gasteiger charge is 2.28. The molecule has 1 fully saturated rings. The minimum Gasteiger partial charge on any atom is -0.244 e. The first-order valence-electron chi connectivity index (χ1n) is 7.47. The van der Waals surface area contributed by atoms with E-state index in [0.717, 1.165) is 25.7 Å². The van der Waals surface area contributed by atoms with Crippen LogP contribution in [-0.4, -0.2) is 38.7 Å². The maximum absolute atomic E-state index is 12.2. The average molecular weight is 316 g/mol. The second-order valence-corrected chi connectivity index (χ2v) is 9.51. The number of rotatable bonds is 5. The van der Waals surface area contributed by atoms with Crippen molar-refractivity contribution in [3.63, 3.8) is 0 Å². The van der Waals surface area contributed by atoms with E-state index in [-0.39, 0.29) is 17.5 Å². The van der Waals surface area contributed by atoms with Gasteiger partial charge in [0.25, 0.3) is 0 Å². The lowest BCUT2D eigenvalue weighted by molar-refractivity contribution is 0.441. The van der Waals surface area contributed by atoms with E-state index < -0.39 is 14.6 Å². The highest BCUT2D eigenvalue weighted by atomic mass is 32.2. The van der Waals surface area contributed by atoms with Gasteiger partial charge in [-0.25, -0.2) is 13.2 Å². The third-order valence-electron chi connectivity index (χ3n) is 4.05. The van der Waals surface area contributed by atoms with Crippen LogP contribution in [0.4, 0.5) is 0 Å². The molecular formula is C13H24N4O3S. The summed E-state index contributed by atoms with van der Waals surface area (Å²) >= 11 is 0. The zero-order valence-electron chi connectivity index (χ0n) is 12.9. The fraction of sp³-hybridized carbons (Fsp3) is 0.923. The van der Waals surface area contributed by atoms with Crippen LogP contribution in [0.3, 0.4) is 0 Å². The van der Waals surface area contributed by atoms with Crippen molar-refractivity contribution in [1.82, 2.24) is 19.8 Å². The Kier molecular flexibility index (Phi) is 4.55. The van der Waals surface area contributed by atoms with E-state index in [0.29, 0.717) is 13.0 Å². The predicted molar refractivity (Wildman–Crippen MR) is 79.9 cm³/mol. The molecule has 0 radical (unpaired) electrons. The number of nitrogens with zero attached hydrogens (tertiary/aromatic N) is 4. The summed E-state index contributed by atoms with van der Waals surface area (Å²) in [5.41, 5.74) is -0.227. The Labute approximate surface area is 125 Å². The van der Waals surface area contributed by atoms with Gasteiger partial charge in [0.05, 0.1) is 16.5 Å². The molecule has 1 aliphatic carbocycles. The number of hydrogen-bond donors (Lipinski definition) is 0. The summed E-state index contributed by atoms with van der Waals surface area (Å²) in [6, 6.07) is 0.157. The fourth-order valence-corrected chi connectivity index (χ4v) is 3.64. The summed E-state index contributed by atoms with van der Waals surface area (Å²) in [6.07, 6.45) is 4.55. The van der Waals surface area contributed by atoms with Gasteiger partial charge in [0, 0.05) is 6.54 Å². The van der Waals surface area contributed by atoms with Gasteiger partial charge in [0.1, 0.15) is 0 Å². The van der Waals surface area contributed by atoms with Crippen LogP contribution >= 0.6 is 0 Å². The summed E-state index contributed by atoms with van der Waals surface area (Å²) in [5, 5.41) is 7.79. The molecule has 7 nitrogen and oxygen atoms in total. The molecule has 0 unspecified atom stereocenters. The van der Waals surface area contributed by atoms with Crippen LogP contribution < -0.4 is 5.69 Å². The van der Waals surface area contributed by atoms with Crippen LogP contribution in [0.5, 0.6) is 0 Å². The fourth-order valence-electron chi connectivity index (χ4n) is 2.52. The van der Waals surface area contributed by atoms with Crippen LogP contribution in [0.1, 0.15) is 58.9 Å². The third kappa shape index (κ3) is 3.53.